The number of aromatic nitrogens is 2. The van der Waals surface area contributed by atoms with Crippen LogP contribution >= 0.6 is 0 Å². The van der Waals surface area contributed by atoms with E-state index in [4.69, 9.17) is 0 Å². The molecule has 4 nitrogen and oxygen atoms in total. The molecule has 1 fully saturated rings. The van der Waals surface area contributed by atoms with Crippen LogP contribution in [-0.2, 0) is 6.42 Å². The third-order valence-electron chi connectivity index (χ3n) is 4.49. The maximum atomic E-state index is 11.4. The van der Waals surface area contributed by atoms with E-state index in [9.17, 15) is 9.90 Å². The van der Waals surface area contributed by atoms with Crippen molar-refractivity contribution in [2.75, 3.05) is 0 Å². The van der Waals surface area contributed by atoms with Crippen LogP contribution in [0.1, 0.15) is 55.3 Å². The predicted molar refractivity (Wildman–Crippen MR) is 78.1 cm³/mol. The zero-order valence-electron chi connectivity index (χ0n) is 12.0. The molecule has 2 aromatic rings. The smallest absolute Gasteiger partial charge is 0.337 e. The van der Waals surface area contributed by atoms with Crippen molar-refractivity contribution < 1.29 is 9.90 Å². The third-order valence-corrected chi connectivity index (χ3v) is 4.49. The summed E-state index contributed by atoms with van der Waals surface area (Å²) in [6, 6.07) is 5.92. The lowest BCUT2D eigenvalue weighted by molar-refractivity contribution is 0.0699. The van der Waals surface area contributed by atoms with Crippen LogP contribution in [0.3, 0.4) is 0 Å². The number of aromatic carboxylic acids is 1. The number of aryl methyl sites for hydroxylation is 1. The Bertz CT molecular complexity index is 660. The molecule has 0 spiro atoms. The zero-order chi connectivity index (χ0) is 14.3. The van der Waals surface area contributed by atoms with Crippen LogP contribution in [0.2, 0.25) is 0 Å². The van der Waals surface area contributed by atoms with Gasteiger partial charge in [0.05, 0.1) is 11.1 Å². The Kier molecular flexibility index (Phi) is 3.24. The van der Waals surface area contributed by atoms with E-state index in [1.54, 1.807) is 6.07 Å². The van der Waals surface area contributed by atoms with E-state index in [2.05, 4.69) is 23.4 Å². The first-order chi connectivity index (χ1) is 9.63. The molecule has 1 N–H and O–H groups in total. The lowest BCUT2D eigenvalue weighted by Gasteiger charge is -2.20. The average Bonchev–Trinajstić information content (AvgIpc) is 3.00. The number of carboxylic acid groups (broad SMARTS) is 1. The van der Waals surface area contributed by atoms with Crippen LogP contribution in [0.5, 0.6) is 0 Å². The Morgan fingerprint density at radius 3 is 2.85 bits per heavy atom. The van der Waals surface area contributed by atoms with E-state index < -0.39 is 5.97 Å². The van der Waals surface area contributed by atoms with Gasteiger partial charge in [0.15, 0.2) is 0 Å². The summed E-state index contributed by atoms with van der Waals surface area (Å²) < 4.78 is 2.29. The number of carbonyl (C=O) groups is 1. The van der Waals surface area contributed by atoms with E-state index in [1.807, 2.05) is 12.1 Å². The van der Waals surface area contributed by atoms with Crippen molar-refractivity contribution in [3.63, 3.8) is 0 Å². The SMILES string of the molecule is CCc1nc2c(C(=O)O)cccc2n1C1CCCC1C. The van der Waals surface area contributed by atoms with Crippen molar-refractivity contribution in [1.29, 1.82) is 0 Å². The average molecular weight is 272 g/mol. The van der Waals surface area contributed by atoms with Gasteiger partial charge >= 0.3 is 5.97 Å². The molecule has 4 heteroatoms. The second kappa shape index (κ2) is 4.93. The molecule has 1 aromatic carbocycles. The molecule has 0 radical (unpaired) electrons. The van der Waals surface area contributed by atoms with E-state index in [0.717, 1.165) is 24.2 Å². The highest BCUT2D eigenvalue weighted by Crippen LogP contribution is 2.38. The number of nitrogens with zero attached hydrogens (tertiary/aromatic N) is 2. The molecule has 1 heterocycles. The molecule has 3 rings (SSSR count). The standard InChI is InChI=1S/C16H20N2O2/c1-3-14-17-15-11(16(19)20)7-5-9-13(15)18(14)12-8-4-6-10(12)2/h5,7,9-10,12H,3-4,6,8H2,1-2H3,(H,19,20). The second-order valence-corrected chi connectivity index (χ2v) is 5.71. The molecule has 106 valence electrons. The van der Waals surface area contributed by atoms with Gasteiger partial charge in [-0.05, 0) is 30.9 Å². The summed E-state index contributed by atoms with van der Waals surface area (Å²) in [5.41, 5.74) is 1.91. The molecule has 1 aromatic heterocycles. The summed E-state index contributed by atoms with van der Waals surface area (Å²) in [7, 11) is 0. The first-order valence-electron chi connectivity index (χ1n) is 7.36. The van der Waals surface area contributed by atoms with Crippen molar-refractivity contribution in [2.45, 2.75) is 45.6 Å². The highest BCUT2D eigenvalue weighted by molar-refractivity contribution is 6.01. The van der Waals surface area contributed by atoms with Crippen LogP contribution in [0.4, 0.5) is 0 Å². The number of hydrogen-bond donors (Lipinski definition) is 1. The molecule has 1 aliphatic carbocycles. The summed E-state index contributed by atoms with van der Waals surface area (Å²) in [5.74, 6) is 0.737. The third kappa shape index (κ3) is 1.90. The Balaban J connectivity index is 2.25. The summed E-state index contributed by atoms with van der Waals surface area (Å²) in [6.45, 7) is 4.36. The van der Waals surface area contributed by atoms with Gasteiger partial charge in [0, 0.05) is 12.5 Å². The highest BCUT2D eigenvalue weighted by atomic mass is 16.4. The molecule has 2 atom stereocenters. The molecule has 1 aliphatic rings. The normalized spacial score (nSPS) is 22.5. The van der Waals surface area contributed by atoms with Gasteiger partial charge in [-0.15, -0.1) is 0 Å². The van der Waals surface area contributed by atoms with Crippen molar-refractivity contribution in [2.24, 2.45) is 5.92 Å². The number of rotatable bonds is 3. The summed E-state index contributed by atoms with van der Waals surface area (Å²) >= 11 is 0. The van der Waals surface area contributed by atoms with Gasteiger partial charge in [0.2, 0.25) is 0 Å². The highest BCUT2D eigenvalue weighted by Gasteiger charge is 2.28. The largest absolute Gasteiger partial charge is 0.478 e. The van der Waals surface area contributed by atoms with Crippen LogP contribution in [0.25, 0.3) is 11.0 Å². The fraction of sp³-hybridized carbons (Fsp3) is 0.500. The van der Waals surface area contributed by atoms with Gasteiger partial charge in [-0.3, -0.25) is 0 Å². The van der Waals surface area contributed by atoms with Crippen LogP contribution in [0.15, 0.2) is 18.2 Å². The minimum Gasteiger partial charge on any atom is -0.478 e. The summed E-state index contributed by atoms with van der Waals surface area (Å²) in [5, 5.41) is 9.32. The number of imidazole rings is 1. The summed E-state index contributed by atoms with van der Waals surface area (Å²) in [6.07, 6.45) is 4.48. The van der Waals surface area contributed by atoms with Crippen LogP contribution < -0.4 is 0 Å². The van der Waals surface area contributed by atoms with Crippen LogP contribution in [0, 0.1) is 5.92 Å². The second-order valence-electron chi connectivity index (χ2n) is 5.71. The molecular weight excluding hydrogens is 252 g/mol. The Hall–Kier alpha value is -1.84. The number of carboxylic acids is 1. The van der Waals surface area contributed by atoms with E-state index >= 15 is 0 Å². The van der Waals surface area contributed by atoms with E-state index in [0.29, 0.717) is 23.0 Å². The van der Waals surface area contributed by atoms with Crippen molar-refractivity contribution in [3.05, 3.63) is 29.6 Å². The van der Waals surface area contributed by atoms with E-state index in [-0.39, 0.29) is 0 Å². The Morgan fingerprint density at radius 2 is 2.25 bits per heavy atom. The van der Waals surface area contributed by atoms with Gasteiger partial charge in [-0.2, -0.15) is 0 Å². The van der Waals surface area contributed by atoms with Crippen molar-refractivity contribution in [1.82, 2.24) is 9.55 Å². The van der Waals surface area contributed by atoms with Crippen molar-refractivity contribution >= 4 is 17.0 Å². The van der Waals surface area contributed by atoms with Gasteiger partial charge in [0.1, 0.15) is 11.3 Å². The molecule has 0 saturated heterocycles. The zero-order valence-corrected chi connectivity index (χ0v) is 12.0. The maximum absolute atomic E-state index is 11.4. The number of benzene rings is 1. The fourth-order valence-electron chi connectivity index (χ4n) is 3.47. The molecular formula is C16H20N2O2. The first-order valence-corrected chi connectivity index (χ1v) is 7.36. The van der Waals surface area contributed by atoms with Gasteiger partial charge < -0.3 is 9.67 Å². The quantitative estimate of drug-likeness (QED) is 0.927. The Morgan fingerprint density at radius 1 is 1.45 bits per heavy atom. The molecule has 0 aliphatic heterocycles. The van der Waals surface area contributed by atoms with Gasteiger partial charge in [-0.1, -0.05) is 26.3 Å². The van der Waals surface area contributed by atoms with Gasteiger partial charge in [0.25, 0.3) is 0 Å². The monoisotopic (exact) mass is 272 g/mol. The van der Waals surface area contributed by atoms with Crippen LogP contribution in [-0.4, -0.2) is 20.6 Å². The Labute approximate surface area is 118 Å². The predicted octanol–water partition coefficient (Wildman–Crippen LogP) is 3.66. The van der Waals surface area contributed by atoms with Crippen molar-refractivity contribution in [3.8, 4) is 0 Å². The van der Waals surface area contributed by atoms with Gasteiger partial charge in [-0.25, -0.2) is 9.78 Å². The molecule has 1 saturated carbocycles. The molecule has 20 heavy (non-hydrogen) atoms. The summed E-state index contributed by atoms with van der Waals surface area (Å²) in [4.78, 5) is 16.0. The number of fused-ring (bicyclic) bond motifs is 1. The van der Waals surface area contributed by atoms with E-state index in [1.165, 1.54) is 12.8 Å². The lowest BCUT2D eigenvalue weighted by atomic mass is 10.1. The minimum atomic E-state index is -0.901. The molecule has 0 amide bonds. The lowest BCUT2D eigenvalue weighted by Crippen LogP contribution is -2.14. The minimum absolute atomic E-state index is 0.307. The molecule has 0 bridgehead atoms. The first kappa shape index (κ1) is 13.2. The topological polar surface area (TPSA) is 55.1 Å². The maximum Gasteiger partial charge on any atom is 0.337 e. The number of hydrogen-bond acceptors (Lipinski definition) is 2. The molecule has 2 unspecified atom stereocenters. The fourth-order valence-corrected chi connectivity index (χ4v) is 3.47. The number of para-hydroxylation sites is 1.